The normalized spacial score (nSPS) is 24.6. The standard InChI is InChI=1S/C94H118Cl2N11O33P/c1-7-8-9-10-11-12-13-16-27-98-28-29-100-94(5)40-70(134-46(4)84(94)120)139-83-81(119)80(118)67(43-110)138-92(83)140-82-65-36-51-37-66(82)136-64-25-21-49(35-57(64)96)78(116)76-90(126)104-74(91(127)128)54-38-61(112)55(41-99-30-31-108)79(117)71(54)53-33-47(19-23-60(53)111)72(87(123)106-76)103-88(124)73(51)102-85(121)58(39-68(97)113)101-89(125)75(77(115)48-20-24-63(135-65)56(95)34-48)105-86(122)59(32-45(2)3)107(6)93(129)133-44-50-17-14-15-18-62(50)137-69(114)26-22-52(42-109)141(130,131)132/h14-15,17-21,23-25,31,33-38,42,45-46,52,58-59,67,70,72-78,80-81,83-84,92,98-100,110-112,115-120H,7-13,16,22,26-30,32,39-41,43-44H2,1-6H3,(H2,97,113)(H,101,125)(H,102,121)(H,103,124)(H,104,126)(H,105,122)(H,106,123)(H,127,128)(H2,130,131,132)/t46?,52?,58?,59?,67?,70?,72?,73?,74-,75?,76?,77+,78-,80?,81?,83?,84?,92?,94?/m1/s1. The summed E-state index contributed by atoms with van der Waals surface area (Å²) in [6.45, 7) is 7.66. The largest absolute Gasteiger partial charge is 0.507 e. The summed E-state index contributed by atoms with van der Waals surface area (Å²) >= 11 is 14.5. The molecule has 19 atom stereocenters. The molecular weight excluding hydrogens is 1910 g/mol. The molecule has 6 aromatic carbocycles. The molecule has 0 aliphatic carbocycles. The Kier molecular flexibility index (Phi) is 38.3. The number of hydrogen-bond acceptors (Lipinski definition) is 33. The fraction of sp³-hybridized carbons (Fsp3) is 0.489. The van der Waals surface area contributed by atoms with Crippen molar-refractivity contribution in [2.75, 3.05) is 39.8 Å². The highest BCUT2D eigenvalue weighted by Gasteiger charge is 2.53. The van der Waals surface area contributed by atoms with Gasteiger partial charge in [0.15, 0.2) is 29.9 Å². The molecule has 2 saturated heterocycles. The van der Waals surface area contributed by atoms with Crippen LogP contribution in [-0.4, -0.2) is 262 Å². The molecular formula is C94H118Cl2N11O33P. The number of ether oxygens (including phenoxy) is 8. The molecule has 47 heteroatoms. The lowest BCUT2D eigenvalue weighted by molar-refractivity contribution is -0.334. The summed E-state index contributed by atoms with van der Waals surface area (Å²) in [4.78, 5) is 192. The molecule has 16 unspecified atom stereocenters. The van der Waals surface area contributed by atoms with Gasteiger partial charge in [-0.15, -0.1) is 0 Å². The molecule has 0 saturated carbocycles. The maximum absolute atomic E-state index is 16.6. The predicted octanol–water partition coefficient (Wildman–Crippen LogP) is 4.24. The summed E-state index contributed by atoms with van der Waals surface area (Å²) in [5.74, 6) is -19.5. The minimum Gasteiger partial charge on any atom is -0.507 e. The van der Waals surface area contributed by atoms with Crippen LogP contribution in [0.1, 0.15) is 187 Å². The minimum atomic E-state index is -4.94. The van der Waals surface area contributed by atoms with Gasteiger partial charge in [0.25, 0.3) is 0 Å². The second-order valence-corrected chi connectivity index (χ2v) is 38.2. The molecule has 23 N–H and O–H groups in total. The number of aliphatic carboxylic acids is 1. The molecule has 6 aromatic rings. The summed E-state index contributed by atoms with van der Waals surface area (Å²) in [5.41, 5.74) is -1.12. The van der Waals surface area contributed by atoms with Crippen LogP contribution in [0.3, 0.4) is 0 Å². The first kappa shape index (κ1) is 110. The fourth-order valence-corrected chi connectivity index (χ4v) is 18.1. The van der Waals surface area contributed by atoms with Gasteiger partial charge in [-0.2, -0.15) is 0 Å². The second kappa shape index (κ2) is 49.3. The van der Waals surface area contributed by atoms with E-state index >= 15 is 28.8 Å². The SMILES string of the molecule is CCCCCCCCCCNCCNC1(C)CC(OC2C(Oc3c4cc5cc3Oc3ccc(cc3Cl)[C@H](O)C(NC(=O)C(CC(C)C)N(C)C(=O)OCc3ccccc3OC(=O)CCC(C=O)P(=O)(O)O)C(=O)NC(CC(N)=O)C(=O)NC5C(=O)NC3C(=O)NC(C(=O)N[C@@H](C(=O)O)c5cc(O)c(CNCC=O)c(O)c5-c5cc3ccc5O)[C@H](O)c3ccc(c(Cl)c3)O4)OC(CO)C(O)C2O)OC(C)C1O. The molecule has 0 spiro atoms. The van der Waals surface area contributed by atoms with E-state index in [-0.39, 0.29) is 48.1 Å². The topological polar surface area (TPSA) is 676 Å². The molecule has 2 fully saturated rings. The second-order valence-electron chi connectivity index (χ2n) is 35.6. The molecule has 44 nitrogen and oxygen atoms in total. The third-order valence-corrected chi connectivity index (χ3v) is 26.6. The number of hydrogen-bond donors (Lipinski definition) is 22. The number of primary amides is 1. The van der Waals surface area contributed by atoms with E-state index in [9.17, 15) is 94.2 Å². The molecule has 7 aliphatic heterocycles. The van der Waals surface area contributed by atoms with Crippen LogP contribution >= 0.6 is 30.8 Å². The van der Waals surface area contributed by atoms with Crippen molar-refractivity contribution in [1.82, 2.24) is 52.8 Å². The van der Waals surface area contributed by atoms with E-state index in [0.717, 1.165) is 123 Å². The van der Waals surface area contributed by atoms with Crippen molar-refractivity contribution in [2.24, 2.45) is 11.7 Å². The Morgan fingerprint density at radius 3 is 1.96 bits per heavy atom. The fourth-order valence-electron chi connectivity index (χ4n) is 17.0. The van der Waals surface area contributed by atoms with E-state index in [1.165, 1.54) is 43.5 Å². The Bertz CT molecular complexity index is 5610. The molecule has 8 amide bonds. The third kappa shape index (κ3) is 27.4. The van der Waals surface area contributed by atoms with Crippen LogP contribution < -0.4 is 72.5 Å². The molecule has 0 aromatic heterocycles. The van der Waals surface area contributed by atoms with Gasteiger partial charge in [0.1, 0.15) is 126 Å². The number of carbonyl (C=O) groups is 12. The summed E-state index contributed by atoms with van der Waals surface area (Å²) in [7, 11) is -3.82. The van der Waals surface area contributed by atoms with Crippen LogP contribution in [-0.2, 0) is 89.4 Å². The highest BCUT2D eigenvalue weighted by Crippen LogP contribution is 2.52. The number of halogens is 2. The molecule has 7 aliphatic rings. The van der Waals surface area contributed by atoms with E-state index in [1.54, 1.807) is 27.7 Å². The maximum atomic E-state index is 16.6. The van der Waals surface area contributed by atoms with Crippen LogP contribution in [0.5, 0.6) is 51.7 Å². The number of aliphatic hydroxyl groups is 6. The van der Waals surface area contributed by atoms with Gasteiger partial charge in [0.2, 0.25) is 53.4 Å². The van der Waals surface area contributed by atoms with Crippen molar-refractivity contribution in [1.29, 1.82) is 0 Å². The first-order valence-corrected chi connectivity index (χ1v) is 48.2. The number of phenols is 3. The Hall–Kier alpha value is -11.8. The van der Waals surface area contributed by atoms with Crippen molar-refractivity contribution >= 4 is 103 Å². The van der Waals surface area contributed by atoms with Gasteiger partial charge in [-0.25, -0.2) is 9.59 Å². The number of phenolic OH excluding ortho intramolecular Hbond substituents is 3. The van der Waals surface area contributed by atoms with Crippen molar-refractivity contribution in [3.63, 3.8) is 0 Å². The highest BCUT2D eigenvalue weighted by atomic mass is 35.5. The number of carbonyl (C=O) groups excluding carboxylic acids is 11. The number of nitrogens with zero attached hydrogens (tertiary/aromatic N) is 1. The van der Waals surface area contributed by atoms with E-state index in [1.807, 2.05) is 0 Å². The molecule has 7 heterocycles. The first-order chi connectivity index (χ1) is 67.0. The highest BCUT2D eigenvalue weighted by molar-refractivity contribution is 7.53. The Morgan fingerprint density at radius 2 is 1.34 bits per heavy atom. The van der Waals surface area contributed by atoms with E-state index in [4.69, 9.17) is 66.8 Å². The Morgan fingerprint density at radius 1 is 0.709 bits per heavy atom. The van der Waals surface area contributed by atoms with Gasteiger partial charge in [-0.05, 0) is 128 Å². The quantitative estimate of drug-likeness (QED) is 0.00847. The molecule has 13 rings (SSSR count). The van der Waals surface area contributed by atoms with Crippen LogP contribution in [0.4, 0.5) is 4.79 Å². The van der Waals surface area contributed by atoms with E-state index in [0.29, 0.717) is 19.4 Å². The Labute approximate surface area is 818 Å². The number of benzene rings is 6. The lowest BCUT2D eigenvalue weighted by atomic mass is 9.85. The number of aldehydes is 2. The third-order valence-electron chi connectivity index (χ3n) is 24.7. The monoisotopic (exact) mass is 2030 g/mol. The minimum absolute atomic E-state index is 0.00663. The van der Waals surface area contributed by atoms with E-state index in [2.05, 4.69) is 54.8 Å². The van der Waals surface area contributed by atoms with Crippen molar-refractivity contribution in [3.05, 3.63) is 146 Å². The van der Waals surface area contributed by atoms with Gasteiger partial charge in [0.05, 0.1) is 47.4 Å². The number of aliphatic hydroxyl groups excluding tert-OH is 6. The number of carboxylic acid groups (broad SMARTS) is 1. The maximum Gasteiger partial charge on any atom is 0.410 e. The number of esters is 1. The molecule has 0 radical (unpaired) electrons. The number of rotatable bonds is 38. The number of carboxylic acids is 1. The van der Waals surface area contributed by atoms with Crippen molar-refractivity contribution in [2.45, 2.75) is 246 Å². The molecule has 766 valence electrons. The van der Waals surface area contributed by atoms with Crippen LogP contribution in [0.15, 0.2) is 97.1 Å². The van der Waals surface area contributed by atoms with Gasteiger partial charge in [-0.1, -0.05) is 125 Å². The van der Waals surface area contributed by atoms with E-state index < -0.39 is 316 Å². The zero-order valence-electron chi connectivity index (χ0n) is 77.7. The van der Waals surface area contributed by atoms with Crippen LogP contribution in [0.2, 0.25) is 10.0 Å². The van der Waals surface area contributed by atoms with Crippen LogP contribution in [0.25, 0.3) is 11.1 Å². The lowest BCUT2D eigenvalue weighted by Crippen LogP contribution is -2.65. The van der Waals surface area contributed by atoms with Gasteiger partial charge in [0, 0.05) is 67.3 Å². The predicted molar refractivity (Wildman–Crippen MR) is 498 cm³/mol. The average Bonchev–Trinajstić information content (AvgIpc) is 0.755. The number of aromatic hydroxyl groups is 3. The number of nitrogens with two attached hydrogens (primary N) is 1. The summed E-state index contributed by atoms with van der Waals surface area (Å²) in [6.07, 6.45) is -13.0. The van der Waals surface area contributed by atoms with Gasteiger partial charge < -0.3 is 162 Å². The summed E-state index contributed by atoms with van der Waals surface area (Å²) < 4.78 is 62.5. The summed E-state index contributed by atoms with van der Waals surface area (Å²) in [5, 5.41) is 142. The number of unbranched alkanes of at least 4 members (excludes halogenated alkanes) is 7. The number of nitrogens with one attached hydrogen (secondary N) is 9. The number of likely N-dealkylation sites (N-methyl/N-ethyl adjacent to an activating group) is 1. The zero-order valence-corrected chi connectivity index (χ0v) is 80.1. The number of para-hydroxylation sites is 1. The van der Waals surface area contributed by atoms with Crippen molar-refractivity contribution in [3.8, 4) is 62.9 Å². The van der Waals surface area contributed by atoms with Crippen LogP contribution in [0, 0.1) is 5.92 Å². The number of fused-ring (bicyclic) bond motifs is 15. The lowest BCUT2D eigenvalue weighted by Gasteiger charge is -2.48. The Balaban J connectivity index is 1.05. The van der Waals surface area contributed by atoms with Crippen molar-refractivity contribution < 1.29 is 161 Å². The van der Waals surface area contributed by atoms with Gasteiger partial charge in [-0.3, -0.25) is 47.8 Å². The molecule has 141 heavy (non-hydrogen) atoms. The number of amides is 8. The summed E-state index contributed by atoms with van der Waals surface area (Å²) in [6, 6.07) is 1.72. The smallest absolute Gasteiger partial charge is 0.410 e. The average molecular weight is 2030 g/mol. The molecule has 11 bridgehead atoms. The zero-order chi connectivity index (χ0) is 103. The van der Waals surface area contributed by atoms with Gasteiger partial charge >= 0.3 is 25.6 Å². The first-order valence-electron chi connectivity index (χ1n) is 45.8.